The van der Waals surface area contributed by atoms with Crippen LogP contribution in [0.5, 0.6) is 0 Å². The Bertz CT molecular complexity index is 400. The fourth-order valence-corrected chi connectivity index (χ4v) is 1.32. The summed E-state index contributed by atoms with van der Waals surface area (Å²) in [7, 11) is 0. The van der Waals surface area contributed by atoms with Gasteiger partial charge < -0.3 is 0 Å². The van der Waals surface area contributed by atoms with Crippen LogP contribution >= 0.6 is 11.6 Å². The van der Waals surface area contributed by atoms with Crippen molar-refractivity contribution in [1.82, 2.24) is 4.98 Å². The molecule has 1 aromatic rings. The Labute approximate surface area is 86.8 Å². The summed E-state index contributed by atoms with van der Waals surface area (Å²) in [6.07, 6.45) is -2.43. The zero-order chi connectivity index (χ0) is 11.6. The van der Waals surface area contributed by atoms with Crippen LogP contribution in [0, 0.1) is 16.1 Å². The van der Waals surface area contributed by atoms with Crippen molar-refractivity contribution >= 4 is 17.3 Å². The number of nitro groups is 1. The van der Waals surface area contributed by atoms with Crippen molar-refractivity contribution in [2.75, 3.05) is 0 Å². The van der Waals surface area contributed by atoms with Gasteiger partial charge in [0.15, 0.2) is 0 Å². The highest BCUT2D eigenvalue weighted by Crippen LogP contribution is 2.31. The lowest BCUT2D eigenvalue weighted by atomic mass is 10.1. The normalized spacial score (nSPS) is 10.7. The highest BCUT2D eigenvalue weighted by Gasteiger charge is 2.27. The van der Waals surface area contributed by atoms with Gasteiger partial charge in [0.1, 0.15) is 0 Å². The third kappa shape index (κ3) is 2.17. The van der Waals surface area contributed by atoms with Gasteiger partial charge >= 0.3 is 5.69 Å². The molecule has 0 aliphatic carbocycles. The number of alkyl halides is 3. The van der Waals surface area contributed by atoms with Gasteiger partial charge in [0, 0.05) is 11.8 Å². The molecule has 1 aromatic heterocycles. The quantitative estimate of drug-likeness (QED) is 0.353. The first-order valence-corrected chi connectivity index (χ1v) is 4.18. The molecule has 0 atom stereocenters. The van der Waals surface area contributed by atoms with E-state index in [-0.39, 0.29) is 0 Å². The molecule has 0 saturated carbocycles. The third-order valence-electron chi connectivity index (χ3n) is 1.70. The molecule has 0 fully saturated rings. The molecule has 0 saturated heterocycles. The Kier molecular flexibility index (Phi) is 3.46. The van der Waals surface area contributed by atoms with E-state index in [1.807, 2.05) is 0 Å². The van der Waals surface area contributed by atoms with Gasteiger partial charge in [-0.15, -0.1) is 11.6 Å². The van der Waals surface area contributed by atoms with E-state index in [0.717, 1.165) is 0 Å². The topological polar surface area (TPSA) is 56.0 Å². The minimum absolute atomic E-state index is 0.538. The molecule has 1 rings (SSSR count). The second-order valence-electron chi connectivity index (χ2n) is 2.52. The van der Waals surface area contributed by atoms with E-state index < -0.39 is 40.0 Å². The largest absolute Gasteiger partial charge is 0.328 e. The average Bonchev–Trinajstić information content (AvgIpc) is 2.15. The monoisotopic (exact) mass is 240 g/mol. The number of hydrogen-bond donors (Lipinski definition) is 0. The van der Waals surface area contributed by atoms with Gasteiger partial charge in [-0.25, -0.2) is 13.8 Å². The molecule has 0 bridgehead atoms. The molecule has 15 heavy (non-hydrogen) atoms. The fourth-order valence-electron chi connectivity index (χ4n) is 1.04. The van der Waals surface area contributed by atoms with Gasteiger partial charge in [-0.1, -0.05) is 0 Å². The van der Waals surface area contributed by atoms with Crippen LogP contribution in [-0.2, 0) is 5.88 Å². The second kappa shape index (κ2) is 4.43. The van der Waals surface area contributed by atoms with Crippen molar-refractivity contribution in [2.45, 2.75) is 12.3 Å². The van der Waals surface area contributed by atoms with E-state index in [2.05, 4.69) is 4.98 Å². The minimum atomic E-state index is -2.98. The zero-order valence-corrected chi connectivity index (χ0v) is 7.84. The summed E-state index contributed by atoms with van der Waals surface area (Å²) >= 11 is 5.27. The zero-order valence-electron chi connectivity index (χ0n) is 7.08. The van der Waals surface area contributed by atoms with Crippen LogP contribution in [0.1, 0.15) is 17.6 Å². The maximum absolute atomic E-state index is 12.9. The molecule has 0 N–H and O–H groups in total. The Hall–Kier alpha value is -1.37. The second-order valence-corrected chi connectivity index (χ2v) is 2.79. The van der Waals surface area contributed by atoms with Crippen LogP contribution in [0.15, 0.2) is 6.20 Å². The lowest BCUT2D eigenvalue weighted by Crippen LogP contribution is -2.04. The van der Waals surface area contributed by atoms with Crippen LogP contribution in [0.3, 0.4) is 0 Å². The van der Waals surface area contributed by atoms with Crippen molar-refractivity contribution in [1.29, 1.82) is 0 Å². The van der Waals surface area contributed by atoms with Gasteiger partial charge in [0.05, 0.1) is 16.4 Å². The molecule has 1 heterocycles. The fraction of sp³-hybridized carbons (Fsp3) is 0.286. The van der Waals surface area contributed by atoms with Crippen molar-refractivity contribution in [3.05, 3.63) is 33.4 Å². The lowest BCUT2D eigenvalue weighted by molar-refractivity contribution is -0.388. The van der Waals surface area contributed by atoms with Gasteiger partial charge in [-0.3, -0.25) is 10.1 Å². The maximum Gasteiger partial charge on any atom is 0.328 e. The number of aromatic nitrogens is 1. The van der Waals surface area contributed by atoms with Crippen LogP contribution in [0.25, 0.3) is 0 Å². The molecule has 0 amide bonds. The van der Waals surface area contributed by atoms with E-state index in [1.54, 1.807) is 0 Å². The highest BCUT2D eigenvalue weighted by atomic mass is 35.5. The number of hydrogen-bond acceptors (Lipinski definition) is 3. The van der Waals surface area contributed by atoms with Crippen molar-refractivity contribution < 1.29 is 18.1 Å². The molecule has 0 radical (unpaired) electrons. The molecule has 82 valence electrons. The summed E-state index contributed by atoms with van der Waals surface area (Å²) in [4.78, 5) is 12.2. The van der Waals surface area contributed by atoms with Crippen LogP contribution in [0.4, 0.5) is 18.9 Å². The third-order valence-corrected chi connectivity index (χ3v) is 1.97. The Morgan fingerprint density at radius 2 is 2.20 bits per heavy atom. The first-order valence-electron chi connectivity index (χ1n) is 3.64. The first kappa shape index (κ1) is 11.7. The van der Waals surface area contributed by atoms with Crippen molar-refractivity contribution in [3.8, 4) is 0 Å². The summed E-state index contributed by atoms with van der Waals surface area (Å²) in [6, 6.07) is 0. The predicted octanol–water partition coefficient (Wildman–Crippen LogP) is 2.81. The van der Waals surface area contributed by atoms with E-state index in [1.165, 1.54) is 0 Å². The Morgan fingerprint density at radius 3 is 2.60 bits per heavy atom. The summed E-state index contributed by atoms with van der Waals surface area (Å²) in [5.41, 5.74) is -2.36. The van der Waals surface area contributed by atoms with Crippen molar-refractivity contribution in [3.63, 3.8) is 0 Å². The molecule has 0 aromatic carbocycles. The smallest absolute Gasteiger partial charge is 0.258 e. The maximum atomic E-state index is 12.9. The molecular weight excluding hydrogens is 237 g/mol. The number of nitrogens with zero attached hydrogens (tertiary/aromatic N) is 2. The van der Waals surface area contributed by atoms with E-state index in [9.17, 15) is 23.3 Å². The van der Waals surface area contributed by atoms with E-state index >= 15 is 0 Å². The summed E-state index contributed by atoms with van der Waals surface area (Å²) in [5.74, 6) is -1.99. The summed E-state index contributed by atoms with van der Waals surface area (Å²) in [5, 5.41) is 10.4. The standard InChI is InChI=1S/C7H4ClF3N2O2/c8-1-3-4(6(9)10)2-12-7(11)5(3)13(14)15/h2,6H,1H2. The van der Waals surface area contributed by atoms with E-state index in [4.69, 9.17) is 11.6 Å². The molecule has 0 aliphatic rings. The van der Waals surface area contributed by atoms with Gasteiger partial charge in [-0.2, -0.15) is 4.39 Å². The van der Waals surface area contributed by atoms with Crippen LogP contribution < -0.4 is 0 Å². The molecule has 4 nitrogen and oxygen atoms in total. The lowest BCUT2D eigenvalue weighted by Gasteiger charge is -2.06. The minimum Gasteiger partial charge on any atom is -0.258 e. The number of halogens is 4. The van der Waals surface area contributed by atoms with Gasteiger partial charge in [-0.05, 0) is 0 Å². The van der Waals surface area contributed by atoms with E-state index in [0.29, 0.717) is 6.20 Å². The number of rotatable bonds is 3. The molecule has 8 heteroatoms. The van der Waals surface area contributed by atoms with Gasteiger partial charge in [0.2, 0.25) is 0 Å². The van der Waals surface area contributed by atoms with Crippen molar-refractivity contribution in [2.24, 2.45) is 0 Å². The molecule has 0 spiro atoms. The molecule has 0 aliphatic heterocycles. The molecular formula is C7H4ClF3N2O2. The average molecular weight is 241 g/mol. The summed E-state index contributed by atoms with van der Waals surface area (Å²) < 4.78 is 37.6. The number of pyridine rings is 1. The SMILES string of the molecule is O=[N+]([O-])c1c(F)ncc(C(F)F)c1CCl. The van der Waals surface area contributed by atoms with Crippen LogP contribution in [-0.4, -0.2) is 9.91 Å². The summed E-state index contributed by atoms with van der Waals surface area (Å²) in [6.45, 7) is 0. The molecule has 0 unspecified atom stereocenters. The Balaban J connectivity index is 3.47. The first-order chi connectivity index (χ1) is 6.99. The van der Waals surface area contributed by atoms with Crippen LogP contribution in [0.2, 0.25) is 0 Å². The Morgan fingerprint density at radius 1 is 1.60 bits per heavy atom. The van der Waals surface area contributed by atoms with Gasteiger partial charge in [0.25, 0.3) is 12.4 Å². The highest BCUT2D eigenvalue weighted by molar-refractivity contribution is 6.17. The predicted molar refractivity (Wildman–Crippen MR) is 45.4 cm³/mol.